The quantitative estimate of drug-likeness (QED) is 0.836. The van der Waals surface area contributed by atoms with Gasteiger partial charge in [0, 0.05) is 18.0 Å². The second kappa shape index (κ2) is 5.72. The van der Waals surface area contributed by atoms with E-state index in [4.69, 9.17) is 0 Å². The SMILES string of the molecule is CCC(C)NC(=O)C1CCCN1C(=O)C(C)(C)C. The van der Waals surface area contributed by atoms with Gasteiger partial charge in [0.05, 0.1) is 0 Å². The summed E-state index contributed by atoms with van der Waals surface area (Å²) in [6, 6.07) is -0.101. The number of carbonyl (C=O) groups excluding carboxylic acids is 2. The zero-order valence-electron chi connectivity index (χ0n) is 12.2. The fourth-order valence-electron chi connectivity index (χ4n) is 2.15. The number of amides is 2. The maximum Gasteiger partial charge on any atom is 0.243 e. The van der Waals surface area contributed by atoms with E-state index in [1.165, 1.54) is 0 Å². The number of carbonyl (C=O) groups is 2. The molecule has 4 nitrogen and oxygen atoms in total. The molecular weight excluding hydrogens is 228 g/mol. The molecule has 0 aromatic rings. The molecule has 104 valence electrons. The highest BCUT2D eigenvalue weighted by molar-refractivity contribution is 5.90. The molecule has 1 aliphatic heterocycles. The van der Waals surface area contributed by atoms with E-state index < -0.39 is 5.41 Å². The Hall–Kier alpha value is -1.06. The summed E-state index contributed by atoms with van der Waals surface area (Å²) in [6.07, 6.45) is 2.61. The van der Waals surface area contributed by atoms with Gasteiger partial charge in [0.1, 0.15) is 6.04 Å². The van der Waals surface area contributed by atoms with Crippen molar-refractivity contribution in [2.75, 3.05) is 6.54 Å². The number of likely N-dealkylation sites (tertiary alicyclic amines) is 1. The van der Waals surface area contributed by atoms with Crippen LogP contribution in [0.25, 0.3) is 0 Å². The summed E-state index contributed by atoms with van der Waals surface area (Å²) in [4.78, 5) is 26.2. The summed E-state index contributed by atoms with van der Waals surface area (Å²) in [5.41, 5.74) is -0.417. The lowest BCUT2D eigenvalue weighted by Crippen LogP contribution is -2.50. The topological polar surface area (TPSA) is 49.4 Å². The maximum atomic E-state index is 12.3. The molecule has 0 spiro atoms. The van der Waals surface area contributed by atoms with Gasteiger partial charge in [0.25, 0.3) is 0 Å². The van der Waals surface area contributed by atoms with Crippen molar-refractivity contribution in [1.82, 2.24) is 10.2 Å². The van der Waals surface area contributed by atoms with Crippen LogP contribution < -0.4 is 5.32 Å². The van der Waals surface area contributed by atoms with Crippen molar-refractivity contribution in [3.63, 3.8) is 0 Å². The first-order valence-corrected chi connectivity index (χ1v) is 6.88. The van der Waals surface area contributed by atoms with E-state index in [1.54, 1.807) is 4.90 Å². The molecule has 18 heavy (non-hydrogen) atoms. The van der Waals surface area contributed by atoms with Crippen molar-refractivity contribution >= 4 is 11.8 Å². The third-order valence-corrected chi connectivity index (χ3v) is 3.46. The molecule has 0 aromatic heterocycles. The third-order valence-electron chi connectivity index (χ3n) is 3.46. The van der Waals surface area contributed by atoms with Crippen LogP contribution in [0, 0.1) is 5.41 Å². The van der Waals surface area contributed by atoms with E-state index >= 15 is 0 Å². The van der Waals surface area contributed by atoms with Crippen molar-refractivity contribution in [3.8, 4) is 0 Å². The highest BCUT2D eigenvalue weighted by atomic mass is 16.2. The first-order valence-electron chi connectivity index (χ1n) is 6.88. The lowest BCUT2D eigenvalue weighted by Gasteiger charge is -2.30. The molecular formula is C14H26N2O2. The lowest BCUT2D eigenvalue weighted by molar-refractivity contribution is -0.144. The Morgan fingerprint density at radius 3 is 2.50 bits per heavy atom. The van der Waals surface area contributed by atoms with Gasteiger partial charge in [0.2, 0.25) is 11.8 Å². The standard InChI is InChI=1S/C14H26N2O2/c1-6-10(2)15-12(17)11-8-7-9-16(11)13(18)14(3,4)5/h10-11H,6-9H2,1-5H3,(H,15,17). The molecule has 1 fully saturated rings. The molecule has 1 saturated heterocycles. The fraction of sp³-hybridized carbons (Fsp3) is 0.857. The highest BCUT2D eigenvalue weighted by Gasteiger charge is 2.38. The highest BCUT2D eigenvalue weighted by Crippen LogP contribution is 2.25. The Morgan fingerprint density at radius 2 is 2.00 bits per heavy atom. The Morgan fingerprint density at radius 1 is 1.39 bits per heavy atom. The van der Waals surface area contributed by atoms with Crippen molar-refractivity contribution < 1.29 is 9.59 Å². The zero-order valence-corrected chi connectivity index (χ0v) is 12.2. The van der Waals surface area contributed by atoms with Crippen LogP contribution in [0.15, 0.2) is 0 Å². The lowest BCUT2D eigenvalue weighted by atomic mass is 9.94. The van der Waals surface area contributed by atoms with E-state index in [0.29, 0.717) is 6.54 Å². The normalized spacial score (nSPS) is 21.8. The second-order valence-electron chi connectivity index (χ2n) is 6.22. The van der Waals surface area contributed by atoms with E-state index in [2.05, 4.69) is 5.32 Å². The summed E-state index contributed by atoms with van der Waals surface area (Å²) < 4.78 is 0. The zero-order chi connectivity index (χ0) is 13.9. The van der Waals surface area contributed by atoms with Crippen LogP contribution >= 0.6 is 0 Å². The fourth-order valence-corrected chi connectivity index (χ4v) is 2.15. The average Bonchev–Trinajstić information content (AvgIpc) is 2.75. The van der Waals surface area contributed by atoms with E-state index in [-0.39, 0.29) is 23.9 Å². The summed E-state index contributed by atoms with van der Waals surface area (Å²) in [7, 11) is 0. The van der Waals surface area contributed by atoms with Gasteiger partial charge in [-0.3, -0.25) is 9.59 Å². The van der Waals surface area contributed by atoms with Crippen LogP contribution in [0.5, 0.6) is 0 Å². The number of nitrogens with zero attached hydrogens (tertiary/aromatic N) is 1. The van der Waals surface area contributed by atoms with Gasteiger partial charge in [-0.25, -0.2) is 0 Å². The van der Waals surface area contributed by atoms with Crippen LogP contribution in [0.2, 0.25) is 0 Å². The van der Waals surface area contributed by atoms with Crippen LogP contribution in [0.3, 0.4) is 0 Å². The number of nitrogens with one attached hydrogen (secondary N) is 1. The Labute approximate surface area is 110 Å². The molecule has 1 rings (SSSR count). The van der Waals surface area contributed by atoms with Gasteiger partial charge < -0.3 is 10.2 Å². The van der Waals surface area contributed by atoms with Gasteiger partial charge in [-0.05, 0) is 26.2 Å². The molecule has 0 aliphatic carbocycles. The van der Waals surface area contributed by atoms with Crippen molar-refractivity contribution in [2.24, 2.45) is 5.41 Å². The Bertz CT molecular complexity index is 320. The molecule has 0 bridgehead atoms. The molecule has 1 aliphatic rings. The minimum atomic E-state index is -0.417. The van der Waals surface area contributed by atoms with Crippen LogP contribution in [-0.4, -0.2) is 35.3 Å². The molecule has 2 atom stereocenters. The van der Waals surface area contributed by atoms with Gasteiger partial charge in [-0.2, -0.15) is 0 Å². The number of hydrogen-bond donors (Lipinski definition) is 1. The molecule has 2 amide bonds. The van der Waals surface area contributed by atoms with Crippen molar-refractivity contribution in [1.29, 1.82) is 0 Å². The smallest absolute Gasteiger partial charge is 0.243 e. The molecule has 0 radical (unpaired) electrons. The van der Waals surface area contributed by atoms with Crippen molar-refractivity contribution in [2.45, 2.75) is 66.0 Å². The first kappa shape index (κ1) is 15.0. The van der Waals surface area contributed by atoms with Gasteiger partial charge in [-0.1, -0.05) is 27.7 Å². The average molecular weight is 254 g/mol. The van der Waals surface area contributed by atoms with Gasteiger partial charge >= 0.3 is 0 Å². The molecule has 0 saturated carbocycles. The maximum absolute atomic E-state index is 12.3. The largest absolute Gasteiger partial charge is 0.352 e. The van der Waals surface area contributed by atoms with Crippen molar-refractivity contribution in [3.05, 3.63) is 0 Å². The predicted octanol–water partition coefficient (Wildman–Crippen LogP) is 1.94. The Balaban J connectivity index is 2.71. The second-order valence-corrected chi connectivity index (χ2v) is 6.22. The van der Waals surface area contributed by atoms with E-state index in [0.717, 1.165) is 19.3 Å². The predicted molar refractivity (Wildman–Crippen MR) is 72.1 cm³/mol. The third kappa shape index (κ3) is 3.47. The monoisotopic (exact) mass is 254 g/mol. The molecule has 1 heterocycles. The van der Waals surface area contributed by atoms with Crippen LogP contribution in [0.1, 0.15) is 53.9 Å². The summed E-state index contributed by atoms with van der Waals surface area (Å²) >= 11 is 0. The van der Waals surface area contributed by atoms with Crippen LogP contribution in [-0.2, 0) is 9.59 Å². The van der Waals surface area contributed by atoms with E-state index in [9.17, 15) is 9.59 Å². The molecule has 4 heteroatoms. The number of hydrogen-bond acceptors (Lipinski definition) is 2. The number of rotatable bonds is 3. The minimum Gasteiger partial charge on any atom is -0.352 e. The van der Waals surface area contributed by atoms with E-state index in [1.807, 2.05) is 34.6 Å². The van der Waals surface area contributed by atoms with Gasteiger partial charge in [0.15, 0.2) is 0 Å². The summed E-state index contributed by atoms with van der Waals surface area (Å²) in [5.74, 6) is 0.0729. The van der Waals surface area contributed by atoms with Gasteiger partial charge in [-0.15, -0.1) is 0 Å². The summed E-state index contributed by atoms with van der Waals surface area (Å²) in [5, 5.41) is 2.97. The molecule has 0 aromatic carbocycles. The Kier molecular flexibility index (Phi) is 4.77. The van der Waals surface area contributed by atoms with Crippen LogP contribution in [0.4, 0.5) is 0 Å². The molecule has 1 N–H and O–H groups in total. The summed E-state index contributed by atoms with van der Waals surface area (Å²) in [6.45, 7) is 10.4. The minimum absolute atomic E-state index is 0.000509. The first-order chi connectivity index (χ1) is 8.27. The molecule has 2 unspecified atom stereocenters.